The number of ether oxygens (including phenoxy) is 1. The van der Waals surface area contributed by atoms with Gasteiger partial charge in [0.25, 0.3) is 0 Å². The Kier molecular flexibility index (Phi) is 14.8. The van der Waals surface area contributed by atoms with Crippen molar-refractivity contribution < 1.29 is 48.7 Å². The van der Waals surface area contributed by atoms with Gasteiger partial charge in [-0.3, -0.25) is 4.79 Å². The molecule has 1 aliphatic carbocycles. The van der Waals surface area contributed by atoms with Gasteiger partial charge >= 0.3 is 5.97 Å². The maximum absolute atomic E-state index is 13.7. The van der Waals surface area contributed by atoms with Crippen LogP contribution < -0.4 is 8.37 Å². The Hall–Kier alpha value is -6.73. The maximum atomic E-state index is 13.7. The third kappa shape index (κ3) is 11.0. The molecule has 0 spiro atoms. The van der Waals surface area contributed by atoms with Gasteiger partial charge in [-0.2, -0.15) is 5.10 Å². The van der Waals surface area contributed by atoms with Crippen molar-refractivity contribution in [3.05, 3.63) is 185 Å². The first-order valence-corrected chi connectivity index (χ1v) is 25.1. The zero-order valence-corrected chi connectivity index (χ0v) is 39.4. The minimum absolute atomic E-state index is 0.0348. The molecular weight excluding hydrogens is 959 g/mol. The number of nitrogens with zero attached hydrogens (tertiary/aromatic N) is 3. The van der Waals surface area contributed by atoms with Gasteiger partial charge in [0.15, 0.2) is 17.4 Å². The van der Waals surface area contributed by atoms with Crippen molar-refractivity contribution >= 4 is 73.1 Å². The topological polar surface area (TPSA) is 126 Å². The Morgan fingerprint density at radius 1 is 0.691 bits per heavy atom. The number of rotatable bonds is 10. The molecule has 0 amide bonds. The third-order valence-corrected chi connectivity index (χ3v) is 13.6. The number of aromatic nitrogens is 3. The number of Topliss-reactive ketones (excluding diaryl/α,β-unsaturated/α-hetero) is 1. The number of halogens is 4. The van der Waals surface area contributed by atoms with Gasteiger partial charge in [-0.25, -0.2) is 40.3 Å². The lowest BCUT2D eigenvalue weighted by Crippen LogP contribution is -1.99. The van der Waals surface area contributed by atoms with Crippen LogP contribution in [0.15, 0.2) is 144 Å². The zero-order chi connectivity index (χ0) is 48.1. The Balaban J connectivity index is 0.000000139. The lowest BCUT2D eigenvalue weighted by Gasteiger charge is -2.09. The summed E-state index contributed by atoms with van der Waals surface area (Å²) in [6.45, 7) is 1.97. The molecule has 6 aromatic carbocycles. The zero-order valence-electron chi connectivity index (χ0n) is 36.2. The maximum Gasteiger partial charge on any atom is 0.339 e. The predicted molar refractivity (Wildman–Crippen MR) is 256 cm³/mol. The molecule has 2 aromatic heterocycles. The highest BCUT2D eigenvalue weighted by Gasteiger charge is 2.28. The van der Waals surface area contributed by atoms with Gasteiger partial charge in [0.05, 0.1) is 16.1 Å². The van der Waals surface area contributed by atoms with E-state index in [1.165, 1.54) is 42.5 Å². The summed E-state index contributed by atoms with van der Waals surface area (Å²) in [7, 11) is 0. The molecule has 0 bridgehead atoms. The second kappa shape index (κ2) is 21.1. The second-order valence-corrected chi connectivity index (χ2v) is 19.1. The smallest absolute Gasteiger partial charge is 0.339 e. The van der Waals surface area contributed by atoms with Crippen LogP contribution in [0.2, 0.25) is 0 Å². The molecule has 0 radical (unpaired) electrons. The number of hydrogen-bond acceptors (Lipinski definition) is 11. The number of cyclic esters (lactones) is 1. The van der Waals surface area contributed by atoms with E-state index in [0.717, 1.165) is 72.9 Å². The van der Waals surface area contributed by atoms with Gasteiger partial charge in [-0.15, -0.1) is 0 Å². The number of aryl methyl sites for hydroxylation is 2. The van der Waals surface area contributed by atoms with Crippen LogP contribution in [0.1, 0.15) is 39.0 Å². The van der Waals surface area contributed by atoms with Crippen LogP contribution in [0.4, 0.5) is 17.6 Å². The van der Waals surface area contributed by atoms with Crippen molar-refractivity contribution in [1.29, 1.82) is 0 Å². The molecule has 8 aromatic rings. The monoisotopic (exact) mass is 995 g/mol. The Morgan fingerprint density at radius 3 is 2.00 bits per heavy atom. The predicted octanol–water partition coefficient (Wildman–Crippen LogP) is 11.5. The number of ketones is 1. The number of fused-ring (bicyclic) bond motifs is 2. The van der Waals surface area contributed by atoms with Crippen molar-refractivity contribution in [3.8, 4) is 33.2 Å². The van der Waals surface area contributed by atoms with E-state index in [-0.39, 0.29) is 23.5 Å². The standard InChI is InChI=1S/C17H12F2O4S.C17H13N3O2S2.C16H12F2OS/c1-24(21)23-12-5-2-10(3-6-12)13-9-22-17(20)16(13)11-4-7-14(18)15(19)8-11;1-24(21)22-14-9-7-13(8-10-14)16-15(12-5-3-2-4-6-12)20-17(23-16)18-11-19-20;1-9-6-10-2-4-14(19)12(10)8-16(9)20-15-5-3-11(17)7-13(15)18/h2-8H,9H2,1H3;2-11H,1H3;3,5-8H,2,4H2,1H3. The summed E-state index contributed by atoms with van der Waals surface area (Å²) in [6.07, 6.45) is 5.80. The molecule has 10 nitrogen and oxygen atoms in total. The average molecular weight is 996 g/mol. The minimum atomic E-state index is -1.44. The summed E-state index contributed by atoms with van der Waals surface area (Å²) in [6, 6.07) is 34.9. The molecule has 2 atom stereocenters. The van der Waals surface area contributed by atoms with Crippen molar-refractivity contribution in [2.75, 3.05) is 19.1 Å². The molecule has 2 aliphatic rings. The summed E-state index contributed by atoms with van der Waals surface area (Å²) in [4.78, 5) is 31.2. The van der Waals surface area contributed by atoms with Crippen molar-refractivity contribution in [2.24, 2.45) is 0 Å². The van der Waals surface area contributed by atoms with Crippen LogP contribution in [0, 0.1) is 30.2 Å². The van der Waals surface area contributed by atoms with E-state index in [1.807, 2.05) is 66.0 Å². The molecule has 10 rings (SSSR count). The molecule has 346 valence electrons. The minimum Gasteiger partial charge on any atom is -0.457 e. The molecular formula is C50H37F4N3O7S4. The SMILES string of the molecule is CS(=O)Oc1ccc(-c2sc3ncnn3c2-c2ccccc2)cc1.CS(=O)Oc1ccc(C2=C(c3ccc(F)c(F)c3)C(=O)OC2)cc1.Cc1cc2c(cc1Sc1ccc(F)cc1F)C(=O)CC2. The molecule has 3 heterocycles. The summed E-state index contributed by atoms with van der Waals surface area (Å²) in [5.74, 6) is -2.64. The van der Waals surface area contributed by atoms with Crippen molar-refractivity contribution in [3.63, 3.8) is 0 Å². The molecule has 2 unspecified atom stereocenters. The second-order valence-electron chi connectivity index (χ2n) is 15.1. The number of thiazole rings is 1. The van der Waals surface area contributed by atoms with E-state index in [0.29, 0.717) is 34.0 Å². The van der Waals surface area contributed by atoms with Gasteiger partial charge in [0, 0.05) is 51.5 Å². The van der Waals surface area contributed by atoms with Crippen LogP contribution in [-0.2, 0) is 38.1 Å². The summed E-state index contributed by atoms with van der Waals surface area (Å²) < 4.78 is 92.5. The highest BCUT2D eigenvalue weighted by molar-refractivity contribution is 7.99. The highest BCUT2D eigenvalue weighted by Crippen LogP contribution is 2.40. The number of carbonyl (C=O) groups is 2. The van der Waals surface area contributed by atoms with Crippen LogP contribution in [0.3, 0.4) is 0 Å². The fourth-order valence-corrected chi connectivity index (χ4v) is 10.1. The van der Waals surface area contributed by atoms with Gasteiger partial charge in [0.2, 0.25) is 27.1 Å². The van der Waals surface area contributed by atoms with Crippen molar-refractivity contribution in [2.45, 2.75) is 29.6 Å². The van der Waals surface area contributed by atoms with Crippen LogP contribution in [-0.4, -0.2) is 53.9 Å². The summed E-state index contributed by atoms with van der Waals surface area (Å²) >= 11 is 0.0409. The molecule has 0 saturated heterocycles. The molecule has 18 heteroatoms. The third-order valence-electron chi connectivity index (χ3n) is 10.4. The molecule has 68 heavy (non-hydrogen) atoms. The van der Waals surface area contributed by atoms with E-state index in [4.69, 9.17) is 13.1 Å². The molecule has 1 aliphatic heterocycles. The van der Waals surface area contributed by atoms with Crippen LogP contribution >= 0.6 is 23.1 Å². The first-order chi connectivity index (χ1) is 32.7. The fourth-order valence-electron chi connectivity index (χ4n) is 7.34. The first kappa shape index (κ1) is 47.8. The van der Waals surface area contributed by atoms with E-state index in [9.17, 15) is 35.6 Å². The van der Waals surface area contributed by atoms with E-state index in [2.05, 4.69) is 22.2 Å². The summed E-state index contributed by atoms with van der Waals surface area (Å²) in [5, 5.41) is 4.35. The summed E-state index contributed by atoms with van der Waals surface area (Å²) in [5.41, 5.74) is 7.64. The molecule has 0 fully saturated rings. The van der Waals surface area contributed by atoms with E-state index in [1.54, 1.807) is 41.9 Å². The first-order valence-electron chi connectivity index (χ1n) is 20.5. The number of hydrogen-bond donors (Lipinski definition) is 0. The largest absolute Gasteiger partial charge is 0.457 e. The lowest BCUT2D eigenvalue weighted by atomic mass is 9.96. The highest BCUT2D eigenvalue weighted by atomic mass is 32.2. The number of benzene rings is 6. The normalized spacial score (nSPS) is 13.8. The van der Waals surface area contributed by atoms with Crippen molar-refractivity contribution in [1.82, 2.24) is 14.6 Å². The Morgan fingerprint density at radius 2 is 1.35 bits per heavy atom. The van der Waals surface area contributed by atoms with Gasteiger partial charge in [-0.1, -0.05) is 77.7 Å². The Labute approximate surface area is 401 Å². The average Bonchev–Trinajstić information content (AvgIpc) is 4.11. The lowest BCUT2D eigenvalue weighted by molar-refractivity contribution is -0.133. The fraction of sp³-hybridized carbons (Fsp3) is 0.120. The van der Waals surface area contributed by atoms with Crippen LogP contribution in [0.25, 0.3) is 37.8 Å². The quantitative estimate of drug-likeness (QED) is 0.0965. The van der Waals surface area contributed by atoms with E-state index >= 15 is 0 Å². The number of carbonyl (C=O) groups excluding carboxylic acids is 2. The van der Waals surface area contributed by atoms with Gasteiger partial charge in [-0.05, 0) is 108 Å². The molecule has 0 N–H and O–H groups in total. The Bertz CT molecular complexity index is 3270. The van der Waals surface area contributed by atoms with Crippen LogP contribution in [0.5, 0.6) is 11.5 Å². The van der Waals surface area contributed by atoms with E-state index < -0.39 is 51.4 Å². The van der Waals surface area contributed by atoms with Gasteiger partial charge in [0.1, 0.15) is 36.1 Å². The number of esters is 1. The molecule has 0 saturated carbocycles. The van der Waals surface area contributed by atoms with Gasteiger partial charge < -0.3 is 13.1 Å².